The molecule has 2 amide bonds. The summed E-state index contributed by atoms with van der Waals surface area (Å²) in [6.07, 6.45) is 4.70. The van der Waals surface area contributed by atoms with E-state index in [9.17, 15) is 34.2 Å². The molecule has 12 nitrogen and oxygen atoms in total. The van der Waals surface area contributed by atoms with Crippen molar-refractivity contribution < 1.29 is 44.0 Å². The van der Waals surface area contributed by atoms with Gasteiger partial charge in [-0.1, -0.05) is 52.5 Å². The Kier molecular flexibility index (Phi) is 18.1. The Balaban J connectivity index is 3.00. The Labute approximate surface area is 263 Å². The van der Waals surface area contributed by atoms with Crippen LogP contribution in [0.5, 0.6) is 11.5 Å². The molecule has 13 heteroatoms. The lowest BCUT2D eigenvalue weighted by atomic mass is 9.99. The van der Waals surface area contributed by atoms with Crippen molar-refractivity contribution in [1.82, 2.24) is 10.6 Å². The highest BCUT2D eigenvalue weighted by atomic mass is 32.2. The largest absolute Gasteiger partial charge is 0.504 e. The summed E-state index contributed by atoms with van der Waals surface area (Å²) in [5, 5.41) is 33.5. The fourth-order valence-electron chi connectivity index (χ4n) is 4.41. The highest BCUT2D eigenvalue weighted by molar-refractivity contribution is 8.00. The van der Waals surface area contributed by atoms with Crippen molar-refractivity contribution >= 4 is 41.3 Å². The quantitative estimate of drug-likeness (QED) is 0.0959. The second kappa shape index (κ2) is 20.6. The van der Waals surface area contributed by atoms with E-state index < -0.39 is 41.9 Å². The number of Topliss-reactive ketones (excluding diaryl/α,β-unsaturated/α-hetero) is 1. The van der Waals surface area contributed by atoms with Gasteiger partial charge in [-0.3, -0.25) is 19.2 Å². The van der Waals surface area contributed by atoms with Gasteiger partial charge in [-0.25, -0.2) is 4.79 Å². The summed E-state index contributed by atoms with van der Waals surface area (Å²) in [5.74, 6) is -3.57. The lowest BCUT2D eigenvalue weighted by Gasteiger charge is -2.25. The number of ketones is 1. The molecule has 0 aliphatic carbocycles. The summed E-state index contributed by atoms with van der Waals surface area (Å²) >= 11 is 1.37. The molecule has 1 aromatic rings. The van der Waals surface area contributed by atoms with E-state index in [2.05, 4.69) is 17.6 Å². The van der Waals surface area contributed by atoms with E-state index in [1.165, 1.54) is 24.9 Å². The van der Waals surface area contributed by atoms with Crippen molar-refractivity contribution in [3.8, 4) is 11.5 Å². The van der Waals surface area contributed by atoms with Crippen LogP contribution in [-0.4, -0.2) is 81.1 Å². The van der Waals surface area contributed by atoms with Crippen molar-refractivity contribution in [1.29, 1.82) is 0 Å². The number of aryl methyl sites for hydroxylation is 1. The third-order valence-electron chi connectivity index (χ3n) is 7.45. The molecule has 0 aliphatic rings. The standard InChI is InChI=1S/C31H49N3O9S/c1-5-7-8-9-22(17-21(35)12-10-20-11-14-25(36)26(16-20)43-4)44-18-24(33-27(37)15-13-23(32)30(39)40)29(38)34-28(31(41)42)19(3)6-2/h11,14,16,19,22-24,28,36H,5-10,12-13,15,17-18,32H2,1-4H3,(H,33,37)(H,34,38)(H,39,40)(H,41,42). The predicted octanol–water partition coefficient (Wildman–Crippen LogP) is 3.27. The van der Waals surface area contributed by atoms with Crippen LogP contribution in [0.25, 0.3) is 0 Å². The normalized spacial score (nSPS) is 14.5. The van der Waals surface area contributed by atoms with Gasteiger partial charge in [-0.2, -0.15) is 11.8 Å². The summed E-state index contributed by atoms with van der Waals surface area (Å²) in [7, 11) is 1.45. The molecule has 0 saturated carbocycles. The number of nitrogens with two attached hydrogens (primary N) is 1. The number of carboxylic acid groups (broad SMARTS) is 2. The highest BCUT2D eigenvalue weighted by Crippen LogP contribution is 2.28. The second-order valence-electron chi connectivity index (χ2n) is 11.0. The van der Waals surface area contributed by atoms with Crippen LogP contribution in [0.3, 0.4) is 0 Å². The van der Waals surface area contributed by atoms with Gasteiger partial charge in [0.2, 0.25) is 11.8 Å². The fourth-order valence-corrected chi connectivity index (χ4v) is 5.75. The number of hydrogen-bond donors (Lipinski definition) is 6. The molecule has 0 radical (unpaired) electrons. The van der Waals surface area contributed by atoms with E-state index in [-0.39, 0.29) is 54.1 Å². The Morgan fingerprint density at radius 2 is 1.70 bits per heavy atom. The van der Waals surface area contributed by atoms with Gasteiger partial charge >= 0.3 is 11.9 Å². The number of carboxylic acids is 2. The maximum atomic E-state index is 13.3. The number of benzene rings is 1. The van der Waals surface area contributed by atoms with E-state index in [4.69, 9.17) is 15.6 Å². The lowest BCUT2D eigenvalue weighted by Crippen LogP contribution is -2.54. The number of rotatable bonds is 23. The number of amides is 2. The smallest absolute Gasteiger partial charge is 0.326 e. The van der Waals surface area contributed by atoms with E-state index in [0.717, 1.165) is 31.2 Å². The van der Waals surface area contributed by atoms with Crippen molar-refractivity contribution in [2.24, 2.45) is 11.7 Å². The zero-order chi connectivity index (χ0) is 33.2. The number of methoxy groups -OCH3 is 1. The molecule has 0 spiro atoms. The van der Waals surface area contributed by atoms with Crippen LogP contribution < -0.4 is 21.1 Å². The average molecular weight is 640 g/mol. The van der Waals surface area contributed by atoms with E-state index in [1.54, 1.807) is 19.1 Å². The van der Waals surface area contributed by atoms with Crippen molar-refractivity contribution in [3.63, 3.8) is 0 Å². The Bertz CT molecular complexity index is 1100. The molecule has 0 bridgehead atoms. The van der Waals surface area contributed by atoms with Crippen LogP contribution in [0.4, 0.5) is 0 Å². The molecule has 5 unspecified atom stereocenters. The molecular weight excluding hydrogens is 590 g/mol. The van der Waals surface area contributed by atoms with Crippen molar-refractivity contribution in [2.45, 2.75) is 108 Å². The predicted molar refractivity (Wildman–Crippen MR) is 169 cm³/mol. The highest BCUT2D eigenvalue weighted by Gasteiger charge is 2.30. The molecule has 0 saturated heterocycles. The van der Waals surface area contributed by atoms with Crippen LogP contribution in [0, 0.1) is 5.92 Å². The van der Waals surface area contributed by atoms with Crippen molar-refractivity contribution in [3.05, 3.63) is 23.8 Å². The Morgan fingerprint density at radius 3 is 2.30 bits per heavy atom. The number of phenolic OH excluding ortho intramolecular Hbond substituents is 1. The minimum absolute atomic E-state index is 0.0178. The monoisotopic (exact) mass is 639 g/mol. The first-order valence-corrected chi connectivity index (χ1v) is 16.2. The van der Waals surface area contributed by atoms with Gasteiger partial charge in [0.25, 0.3) is 0 Å². The Morgan fingerprint density at radius 1 is 1.00 bits per heavy atom. The first-order valence-electron chi connectivity index (χ1n) is 15.1. The van der Waals surface area contributed by atoms with Crippen LogP contribution in [0.15, 0.2) is 18.2 Å². The van der Waals surface area contributed by atoms with Gasteiger partial charge in [-0.15, -0.1) is 0 Å². The number of aromatic hydroxyl groups is 1. The van der Waals surface area contributed by atoms with Gasteiger partial charge in [-0.05, 0) is 42.9 Å². The molecule has 0 aromatic heterocycles. The first-order chi connectivity index (χ1) is 20.8. The number of phenols is 1. The molecule has 0 fully saturated rings. The van der Waals surface area contributed by atoms with E-state index in [0.29, 0.717) is 18.6 Å². The van der Waals surface area contributed by atoms with Crippen LogP contribution >= 0.6 is 11.8 Å². The second-order valence-corrected chi connectivity index (χ2v) is 12.3. The van der Waals surface area contributed by atoms with Gasteiger partial charge in [0.05, 0.1) is 7.11 Å². The van der Waals surface area contributed by atoms with Gasteiger partial charge in [0, 0.05) is 30.3 Å². The summed E-state index contributed by atoms with van der Waals surface area (Å²) in [5.41, 5.74) is 6.36. The number of carbonyl (C=O) groups excluding carboxylic acids is 3. The number of unbranched alkanes of at least 4 members (excludes halogenated alkanes) is 2. The SMILES string of the molecule is CCCCCC(CC(=O)CCc1ccc(O)c(OC)c1)SCC(NC(=O)CCC(N)C(=O)O)C(=O)NC(C(=O)O)C(C)CC. The summed E-state index contributed by atoms with van der Waals surface area (Å²) in [4.78, 5) is 61.8. The van der Waals surface area contributed by atoms with Crippen LogP contribution in [-0.2, 0) is 30.4 Å². The minimum atomic E-state index is -1.25. The van der Waals surface area contributed by atoms with Crippen molar-refractivity contribution in [2.75, 3.05) is 12.9 Å². The van der Waals surface area contributed by atoms with E-state index >= 15 is 0 Å². The zero-order valence-electron chi connectivity index (χ0n) is 26.2. The number of carbonyl (C=O) groups is 5. The number of ether oxygens (including phenoxy) is 1. The molecule has 7 N–H and O–H groups in total. The van der Waals surface area contributed by atoms with E-state index in [1.807, 2.05) is 6.92 Å². The summed E-state index contributed by atoms with van der Waals surface area (Å²) in [6.45, 7) is 5.59. The zero-order valence-corrected chi connectivity index (χ0v) is 27.0. The molecule has 248 valence electrons. The minimum Gasteiger partial charge on any atom is -0.504 e. The maximum absolute atomic E-state index is 13.3. The third-order valence-corrected chi connectivity index (χ3v) is 8.85. The molecule has 44 heavy (non-hydrogen) atoms. The number of nitrogens with one attached hydrogen (secondary N) is 2. The summed E-state index contributed by atoms with van der Waals surface area (Å²) < 4.78 is 5.14. The maximum Gasteiger partial charge on any atom is 0.326 e. The molecular formula is C31H49N3O9S. The molecule has 0 aliphatic heterocycles. The van der Waals surface area contributed by atoms with Gasteiger partial charge < -0.3 is 36.4 Å². The third kappa shape index (κ3) is 14.4. The van der Waals surface area contributed by atoms with Crippen LogP contribution in [0.1, 0.15) is 84.1 Å². The van der Waals surface area contributed by atoms with Crippen LogP contribution in [0.2, 0.25) is 0 Å². The Hall–Kier alpha value is -3.32. The number of hydrogen-bond acceptors (Lipinski definition) is 9. The lowest BCUT2D eigenvalue weighted by molar-refractivity contribution is -0.143. The topological polar surface area (TPSA) is 205 Å². The summed E-state index contributed by atoms with van der Waals surface area (Å²) in [6, 6.07) is 1.45. The van der Waals surface area contributed by atoms with Gasteiger partial charge in [0.15, 0.2) is 11.5 Å². The fraction of sp³-hybridized carbons (Fsp3) is 0.645. The molecule has 1 rings (SSSR count). The first kappa shape index (κ1) is 38.7. The molecule has 5 atom stereocenters. The van der Waals surface area contributed by atoms with Gasteiger partial charge in [0.1, 0.15) is 23.9 Å². The number of thioether (sulfide) groups is 1. The number of aliphatic carboxylic acids is 2. The molecule has 1 aromatic carbocycles. The average Bonchev–Trinajstić information content (AvgIpc) is 2.99. The molecule has 0 heterocycles.